The van der Waals surface area contributed by atoms with E-state index < -0.39 is 0 Å². The number of unbranched alkanes of at least 4 members (excludes halogenated alkanes) is 1. The zero-order chi connectivity index (χ0) is 26.2. The van der Waals surface area contributed by atoms with E-state index in [4.69, 9.17) is 5.26 Å². The Morgan fingerprint density at radius 1 is 1.03 bits per heavy atom. The van der Waals surface area contributed by atoms with Crippen LogP contribution in [0.3, 0.4) is 0 Å². The number of amides is 1. The minimum Gasteiger partial charge on any atom is -0.359 e. The Balaban J connectivity index is 1.67. The van der Waals surface area contributed by atoms with Crippen LogP contribution in [0.2, 0.25) is 0 Å². The molecular formula is C28H36N6O2. The van der Waals surface area contributed by atoms with E-state index in [9.17, 15) is 9.59 Å². The second-order valence-electron chi connectivity index (χ2n) is 9.80. The molecule has 0 radical (unpaired) electrons. The third-order valence-corrected chi connectivity index (χ3v) is 6.45. The molecular weight excluding hydrogens is 452 g/mol. The van der Waals surface area contributed by atoms with Gasteiger partial charge >= 0.3 is 0 Å². The Morgan fingerprint density at radius 2 is 1.72 bits per heavy atom. The van der Waals surface area contributed by atoms with Gasteiger partial charge in [-0.3, -0.25) is 14.2 Å². The first-order chi connectivity index (χ1) is 17.2. The molecule has 8 heteroatoms. The van der Waals surface area contributed by atoms with Crippen molar-refractivity contribution in [1.29, 1.82) is 5.26 Å². The van der Waals surface area contributed by atoms with E-state index in [0.29, 0.717) is 18.1 Å². The van der Waals surface area contributed by atoms with Crippen molar-refractivity contribution in [2.75, 3.05) is 32.1 Å². The van der Waals surface area contributed by atoms with Crippen LogP contribution < -0.4 is 4.90 Å². The molecule has 8 nitrogen and oxygen atoms in total. The Bertz CT molecular complexity index is 1230. The molecule has 2 heterocycles. The van der Waals surface area contributed by atoms with Crippen molar-refractivity contribution in [1.82, 2.24) is 19.4 Å². The van der Waals surface area contributed by atoms with E-state index in [-0.39, 0.29) is 24.2 Å². The van der Waals surface area contributed by atoms with Crippen LogP contribution in [0.15, 0.2) is 42.9 Å². The standard InChI is InChI=1S/C28H36N6O2/c1-20(2)18-22-8-10-23(11-9-22)21(3)28(36)34-17-13-24-26(30-19-31-27(24)34)33(5)16-7-6-15-32(4)25(35)12-14-29/h8-11,13,17,19-21H,6-7,12,15-16,18H2,1-5H3. The predicted molar refractivity (Wildman–Crippen MR) is 142 cm³/mol. The first-order valence-electron chi connectivity index (χ1n) is 12.5. The van der Waals surface area contributed by atoms with E-state index in [1.807, 2.05) is 43.1 Å². The maximum absolute atomic E-state index is 13.4. The molecule has 0 bridgehead atoms. The number of aromatic nitrogens is 3. The van der Waals surface area contributed by atoms with Crippen molar-refractivity contribution < 1.29 is 9.59 Å². The van der Waals surface area contributed by atoms with Gasteiger partial charge in [-0.1, -0.05) is 38.1 Å². The van der Waals surface area contributed by atoms with Crippen molar-refractivity contribution >= 4 is 28.7 Å². The second-order valence-corrected chi connectivity index (χ2v) is 9.80. The number of nitrogens with zero attached hydrogens (tertiary/aromatic N) is 6. The monoisotopic (exact) mass is 488 g/mol. The Kier molecular flexibility index (Phi) is 9.18. The van der Waals surface area contributed by atoms with Crippen molar-refractivity contribution in [2.45, 2.75) is 52.4 Å². The number of anilines is 1. The molecule has 1 amide bonds. The summed E-state index contributed by atoms with van der Waals surface area (Å²) in [6.07, 6.45) is 5.88. The van der Waals surface area contributed by atoms with E-state index in [1.165, 1.54) is 11.9 Å². The van der Waals surface area contributed by atoms with Crippen LogP contribution >= 0.6 is 0 Å². The smallest absolute Gasteiger partial charge is 0.239 e. The van der Waals surface area contributed by atoms with Crippen LogP contribution in [0.1, 0.15) is 61.9 Å². The highest BCUT2D eigenvalue weighted by atomic mass is 16.2. The molecule has 0 saturated heterocycles. The van der Waals surface area contributed by atoms with Gasteiger partial charge in [0.05, 0.1) is 17.4 Å². The Morgan fingerprint density at radius 3 is 2.39 bits per heavy atom. The maximum atomic E-state index is 13.4. The molecule has 190 valence electrons. The zero-order valence-electron chi connectivity index (χ0n) is 21.9. The van der Waals surface area contributed by atoms with Crippen LogP contribution in [-0.4, -0.2) is 58.4 Å². The fourth-order valence-electron chi connectivity index (χ4n) is 4.32. The maximum Gasteiger partial charge on any atom is 0.239 e. The molecule has 1 unspecified atom stereocenters. The van der Waals surface area contributed by atoms with E-state index in [1.54, 1.807) is 22.7 Å². The van der Waals surface area contributed by atoms with Gasteiger partial charge in [0.15, 0.2) is 5.65 Å². The van der Waals surface area contributed by atoms with Crippen molar-refractivity contribution in [2.24, 2.45) is 5.92 Å². The average Bonchev–Trinajstić information content (AvgIpc) is 3.30. The first kappa shape index (κ1) is 26.9. The van der Waals surface area contributed by atoms with Crippen LogP contribution in [0.25, 0.3) is 11.0 Å². The number of rotatable bonds is 11. The number of carbonyl (C=O) groups excluding carboxylic acids is 2. The quantitative estimate of drug-likeness (QED) is 0.364. The van der Waals surface area contributed by atoms with Gasteiger partial charge in [-0.2, -0.15) is 5.26 Å². The zero-order valence-corrected chi connectivity index (χ0v) is 21.9. The first-order valence-corrected chi connectivity index (χ1v) is 12.5. The topological polar surface area (TPSA) is 95.1 Å². The van der Waals surface area contributed by atoms with Crippen molar-refractivity contribution in [3.8, 4) is 6.07 Å². The van der Waals surface area contributed by atoms with E-state index in [0.717, 1.165) is 42.6 Å². The molecule has 3 rings (SSSR count). The number of nitriles is 1. The number of carbonyl (C=O) groups is 2. The van der Waals surface area contributed by atoms with Gasteiger partial charge in [-0.25, -0.2) is 9.97 Å². The second kappa shape index (κ2) is 12.3. The van der Waals surface area contributed by atoms with Gasteiger partial charge in [-0.15, -0.1) is 0 Å². The third kappa shape index (κ3) is 6.48. The molecule has 36 heavy (non-hydrogen) atoms. The summed E-state index contributed by atoms with van der Waals surface area (Å²) in [4.78, 5) is 37.6. The van der Waals surface area contributed by atoms with Crippen LogP contribution in [-0.2, 0) is 11.2 Å². The number of hydrogen-bond donors (Lipinski definition) is 0. The molecule has 0 aliphatic rings. The molecule has 0 aliphatic heterocycles. The summed E-state index contributed by atoms with van der Waals surface area (Å²) in [5.74, 6) is 0.874. The highest BCUT2D eigenvalue weighted by molar-refractivity contribution is 5.97. The SMILES string of the molecule is CC(C)Cc1ccc(C(C)C(=O)n2ccc3c(N(C)CCCCN(C)C(=O)CC#N)ncnc32)cc1. The average molecular weight is 489 g/mol. The summed E-state index contributed by atoms with van der Waals surface area (Å²) < 4.78 is 1.62. The lowest BCUT2D eigenvalue weighted by atomic mass is 9.96. The highest BCUT2D eigenvalue weighted by Crippen LogP contribution is 2.26. The van der Waals surface area contributed by atoms with Crippen LogP contribution in [0.5, 0.6) is 0 Å². The summed E-state index contributed by atoms with van der Waals surface area (Å²) in [6.45, 7) is 7.67. The lowest BCUT2D eigenvalue weighted by molar-refractivity contribution is -0.128. The normalized spacial score (nSPS) is 11.9. The molecule has 0 spiro atoms. The van der Waals surface area contributed by atoms with E-state index in [2.05, 4.69) is 35.9 Å². The summed E-state index contributed by atoms with van der Waals surface area (Å²) in [5, 5.41) is 9.49. The van der Waals surface area contributed by atoms with Crippen molar-refractivity contribution in [3.05, 3.63) is 54.0 Å². The molecule has 0 fully saturated rings. The Labute approximate surface area is 213 Å². The van der Waals surface area contributed by atoms with Gasteiger partial charge in [0.1, 0.15) is 18.6 Å². The molecule has 2 aromatic heterocycles. The molecule has 1 atom stereocenters. The molecule has 1 aromatic carbocycles. The molecule has 0 N–H and O–H groups in total. The summed E-state index contributed by atoms with van der Waals surface area (Å²) >= 11 is 0. The third-order valence-electron chi connectivity index (χ3n) is 6.45. The minimum absolute atomic E-state index is 0.0287. The predicted octanol–water partition coefficient (Wildman–Crippen LogP) is 4.66. The minimum atomic E-state index is -0.300. The van der Waals surface area contributed by atoms with E-state index >= 15 is 0 Å². The lowest BCUT2D eigenvalue weighted by Crippen LogP contribution is -2.28. The van der Waals surface area contributed by atoms with Gasteiger partial charge in [0, 0.05) is 33.4 Å². The fraction of sp³-hybridized carbons (Fsp3) is 0.464. The molecule has 0 saturated carbocycles. The lowest BCUT2D eigenvalue weighted by Gasteiger charge is -2.20. The molecule has 0 aliphatic carbocycles. The van der Waals surface area contributed by atoms with Crippen LogP contribution in [0.4, 0.5) is 5.82 Å². The largest absolute Gasteiger partial charge is 0.359 e. The highest BCUT2D eigenvalue weighted by Gasteiger charge is 2.21. The molecule has 3 aromatic rings. The number of fused-ring (bicyclic) bond motifs is 1. The van der Waals surface area contributed by atoms with Crippen molar-refractivity contribution in [3.63, 3.8) is 0 Å². The van der Waals surface area contributed by atoms with Gasteiger partial charge in [0.25, 0.3) is 0 Å². The summed E-state index contributed by atoms with van der Waals surface area (Å²) in [5.41, 5.74) is 2.86. The van der Waals surface area contributed by atoms with Gasteiger partial charge < -0.3 is 9.80 Å². The fourth-order valence-corrected chi connectivity index (χ4v) is 4.32. The Hall–Kier alpha value is -3.73. The van der Waals surface area contributed by atoms with Gasteiger partial charge in [0.2, 0.25) is 11.8 Å². The summed E-state index contributed by atoms with van der Waals surface area (Å²) in [7, 11) is 3.69. The number of hydrogen-bond acceptors (Lipinski definition) is 6. The van der Waals surface area contributed by atoms with Crippen LogP contribution in [0, 0.1) is 17.2 Å². The summed E-state index contributed by atoms with van der Waals surface area (Å²) in [6, 6.07) is 12.1. The number of benzene rings is 1. The van der Waals surface area contributed by atoms with Gasteiger partial charge in [-0.05, 0) is 49.3 Å².